The van der Waals surface area contributed by atoms with Gasteiger partial charge in [-0.2, -0.15) is 0 Å². The first-order valence-electron chi connectivity index (χ1n) is 6.09. The van der Waals surface area contributed by atoms with Crippen molar-refractivity contribution in [2.24, 2.45) is 5.14 Å². The van der Waals surface area contributed by atoms with Gasteiger partial charge in [0.15, 0.2) is 0 Å². The molecule has 108 valence electrons. The van der Waals surface area contributed by atoms with Gasteiger partial charge in [-0.1, -0.05) is 6.07 Å². The van der Waals surface area contributed by atoms with Crippen LogP contribution in [0.4, 0.5) is 0 Å². The van der Waals surface area contributed by atoms with Crippen molar-refractivity contribution in [3.05, 3.63) is 29.0 Å². The van der Waals surface area contributed by atoms with E-state index in [9.17, 15) is 13.2 Å². The zero-order valence-electron chi connectivity index (χ0n) is 11.5. The highest BCUT2D eigenvalue weighted by molar-refractivity contribution is 7.89. The number of carbonyl (C=O) groups is 1. The number of rotatable bonds is 3. The quantitative estimate of drug-likeness (QED) is 0.840. The van der Waals surface area contributed by atoms with Crippen molar-refractivity contribution in [2.45, 2.75) is 25.7 Å². The molecule has 0 aliphatic rings. The lowest BCUT2D eigenvalue weighted by molar-refractivity contribution is 0.0516. The van der Waals surface area contributed by atoms with Crippen LogP contribution in [0.2, 0.25) is 0 Å². The van der Waals surface area contributed by atoms with Gasteiger partial charge in [0, 0.05) is 10.9 Å². The molecule has 7 heteroatoms. The van der Waals surface area contributed by atoms with Crippen LogP contribution < -0.4 is 5.14 Å². The predicted molar refractivity (Wildman–Crippen MR) is 75.1 cm³/mol. The first kappa shape index (κ1) is 14.5. The van der Waals surface area contributed by atoms with E-state index >= 15 is 0 Å². The standard InChI is InChI=1S/C13H16N2O4S/c1-4-19-13(16)11-12(20(14,17)18)10-8(3)7(2)5-6-9(10)15-11/h5-6,15H,4H2,1-3H3,(H2,14,17,18). The summed E-state index contributed by atoms with van der Waals surface area (Å²) in [6.07, 6.45) is 0. The third-order valence-corrected chi connectivity index (χ3v) is 4.19. The minimum atomic E-state index is -4.05. The number of fused-ring (bicyclic) bond motifs is 1. The zero-order chi connectivity index (χ0) is 15.1. The van der Waals surface area contributed by atoms with Crippen molar-refractivity contribution < 1.29 is 17.9 Å². The number of primary sulfonamides is 1. The highest BCUT2D eigenvalue weighted by Crippen LogP contribution is 2.31. The number of benzene rings is 1. The molecule has 0 aliphatic carbocycles. The van der Waals surface area contributed by atoms with Gasteiger partial charge in [-0.05, 0) is 38.0 Å². The number of ether oxygens (including phenoxy) is 1. The number of carbonyl (C=O) groups excluding carboxylic acids is 1. The Labute approximate surface area is 117 Å². The fourth-order valence-corrected chi connectivity index (χ4v) is 3.13. The van der Waals surface area contributed by atoms with Crippen LogP contribution in [-0.4, -0.2) is 26.0 Å². The zero-order valence-corrected chi connectivity index (χ0v) is 12.3. The SMILES string of the molecule is CCOC(=O)c1[nH]c2ccc(C)c(C)c2c1S(N)(=O)=O. The van der Waals surface area contributed by atoms with Crippen molar-refractivity contribution in [3.63, 3.8) is 0 Å². The van der Waals surface area contributed by atoms with Crippen LogP contribution in [0.5, 0.6) is 0 Å². The third kappa shape index (κ3) is 2.30. The van der Waals surface area contributed by atoms with Gasteiger partial charge in [-0.25, -0.2) is 18.4 Å². The Kier molecular flexibility index (Phi) is 3.58. The molecule has 0 fully saturated rings. The molecule has 1 aromatic heterocycles. The van der Waals surface area contributed by atoms with Crippen LogP contribution in [0.15, 0.2) is 17.0 Å². The van der Waals surface area contributed by atoms with Crippen molar-refractivity contribution in [1.82, 2.24) is 4.98 Å². The number of nitrogens with one attached hydrogen (secondary N) is 1. The van der Waals surface area contributed by atoms with Crippen molar-refractivity contribution >= 4 is 26.9 Å². The van der Waals surface area contributed by atoms with Gasteiger partial charge in [-0.15, -0.1) is 0 Å². The maximum atomic E-state index is 11.9. The molecule has 0 spiro atoms. The second-order valence-corrected chi connectivity index (χ2v) is 6.02. The summed E-state index contributed by atoms with van der Waals surface area (Å²) in [4.78, 5) is 14.5. The van der Waals surface area contributed by atoms with Crippen LogP contribution in [0, 0.1) is 13.8 Å². The number of hydrogen-bond donors (Lipinski definition) is 2. The Hall–Kier alpha value is -1.86. The maximum absolute atomic E-state index is 11.9. The molecule has 0 aliphatic heterocycles. The first-order valence-corrected chi connectivity index (χ1v) is 7.63. The average Bonchev–Trinajstić information content (AvgIpc) is 2.74. The third-order valence-electron chi connectivity index (χ3n) is 3.21. The molecule has 1 aromatic carbocycles. The normalized spacial score (nSPS) is 11.8. The lowest BCUT2D eigenvalue weighted by Gasteiger charge is -2.05. The van der Waals surface area contributed by atoms with Crippen LogP contribution in [-0.2, 0) is 14.8 Å². The van der Waals surface area contributed by atoms with E-state index in [1.165, 1.54) is 0 Å². The minimum absolute atomic E-state index is 0.127. The molecule has 0 saturated carbocycles. The highest BCUT2D eigenvalue weighted by Gasteiger charge is 2.27. The summed E-state index contributed by atoms with van der Waals surface area (Å²) in [5.74, 6) is -0.732. The van der Waals surface area contributed by atoms with Crippen LogP contribution in [0.25, 0.3) is 10.9 Å². The number of aromatic nitrogens is 1. The van der Waals surface area contributed by atoms with E-state index in [-0.39, 0.29) is 17.2 Å². The molecule has 6 nitrogen and oxygen atoms in total. The van der Waals surface area contributed by atoms with E-state index in [4.69, 9.17) is 9.88 Å². The Bertz CT molecular complexity index is 790. The van der Waals surface area contributed by atoms with Crippen LogP contribution in [0.3, 0.4) is 0 Å². The van der Waals surface area contributed by atoms with E-state index in [2.05, 4.69) is 4.98 Å². The van der Waals surface area contributed by atoms with Gasteiger partial charge in [0.2, 0.25) is 10.0 Å². The number of aromatic amines is 1. The Morgan fingerprint density at radius 1 is 1.35 bits per heavy atom. The number of nitrogens with two attached hydrogens (primary N) is 1. The summed E-state index contributed by atoms with van der Waals surface area (Å²) >= 11 is 0. The summed E-state index contributed by atoms with van der Waals surface area (Å²) in [7, 11) is -4.05. The lowest BCUT2D eigenvalue weighted by Crippen LogP contribution is -2.17. The second-order valence-electron chi connectivity index (χ2n) is 4.52. The van der Waals surface area contributed by atoms with Crippen molar-refractivity contribution in [1.29, 1.82) is 0 Å². The molecule has 2 rings (SSSR count). The molecule has 0 atom stereocenters. The largest absolute Gasteiger partial charge is 0.461 e. The summed E-state index contributed by atoms with van der Waals surface area (Å²) in [6.45, 7) is 5.44. The Morgan fingerprint density at radius 3 is 2.55 bits per heavy atom. The van der Waals surface area contributed by atoms with E-state index in [0.717, 1.165) is 11.1 Å². The first-order chi connectivity index (χ1) is 9.27. The van der Waals surface area contributed by atoms with Crippen molar-refractivity contribution in [2.75, 3.05) is 6.61 Å². The van der Waals surface area contributed by atoms with Gasteiger partial charge in [-0.3, -0.25) is 0 Å². The average molecular weight is 296 g/mol. The van der Waals surface area contributed by atoms with Gasteiger partial charge in [0.1, 0.15) is 10.6 Å². The smallest absolute Gasteiger partial charge is 0.356 e. The summed E-state index contributed by atoms with van der Waals surface area (Å²) < 4.78 is 28.6. The number of aryl methyl sites for hydroxylation is 2. The molecule has 0 radical (unpaired) electrons. The van der Waals surface area contributed by atoms with Crippen molar-refractivity contribution in [3.8, 4) is 0 Å². The van der Waals surface area contributed by atoms with E-state index in [1.54, 1.807) is 19.9 Å². The van der Waals surface area contributed by atoms with Crippen LogP contribution in [0.1, 0.15) is 28.5 Å². The maximum Gasteiger partial charge on any atom is 0.356 e. The number of hydrogen-bond acceptors (Lipinski definition) is 4. The highest BCUT2D eigenvalue weighted by atomic mass is 32.2. The molecule has 3 N–H and O–H groups in total. The molecular formula is C13H16N2O4S. The fraction of sp³-hybridized carbons (Fsp3) is 0.308. The molecule has 1 heterocycles. The molecular weight excluding hydrogens is 280 g/mol. The second kappa shape index (κ2) is 4.92. The molecule has 0 unspecified atom stereocenters. The van der Waals surface area contributed by atoms with E-state index in [0.29, 0.717) is 10.9 Å². The topological polar surface area (TPSA) is 102 Å². The predicted octanol–water partition coefficient (Wildman–Crippen LogP) is 1.61. The number of esters is 1. The summed E-state index contributed by atoms with van der Waals surface area (Å²) in [6, 6.07) is 3.56. The lowest BCUT2D eigenvalue weighted by atomic mass is 10.1. The molecule has 0 saturated heterocycles. The van der Waals surface area contributed by atoms with E-state index < -0.39 is 16.0 Å². The molecule has 20 heavy (non-hydrogen) atoms. The number of H-pyrrole nitrogens is 1. The molecule has 2 aromatic rings. The molecule has 0 bridgehead atoms. The summed E-state index contributed by atoms with van der Waals surface area (Å²) in [5, 5.41) is 5.71. The van der Waals surface area contributed by atoms with Gasteiger partial charge in [0.25, 0.3) is 0 Å². The fourth-order valence-electron chi connectivity index (χ4n) is 2.16. The molecule has 0 amide bonds. The Morgan fingerprint density at radius 2 is 2.00 bits per heavy atom. The van der Waals surface area contributed by atoms with E-state index in [1.807, 2.05) is 13.0 Å². The van der Waals surface area contributed by atoms with Gasteiger partial charge in [0.05, 0.1) is 6.61 Å². The van der Waals surface area contributed by atoms with Crippen LogP contribution >= 0.6 is 0 Å². The Balaban J connectivity index is 2.90. The minimum Gasteiger partial charge on any atom is -0.461 e. The van der Waals surface area contributed by atoms with Gasteiger partial charge < -0.3 is 9.72 Å². The summed E-state index contributed by atoms with van der Waals surface area (Å²) in [5.41, 5.74) is 2.09. The monoisotopic (exact) mass is 296 g/mol. The number of sulfonamides is 1. The van der Waals surface area contributed by atoms with Gasteiger partial charge >= 0.3 is 5.97 Å².